The van der Waals surface area contributed by atoms with Gasteiger partial charge in [0.15, 0.2) is 0 Å². The largest absolute Gasteiger partial charge is 0.329 e. The van der Waals surface area contributed by atoms with Gasteiger partial charge >= 0.3 is 0 Å². The molecular formula is C19H30N2. The zero-order valence-electron chi connectivity index (χ0n) is 13.4. The van der Waals surface area contributed by atoms with E-state index in [4.69, 9.17) is 5.73 Å². The Bertz CT molecular complexity index is 430. The summed E-state index contributed by atoms with van der Waals surface area (Å²) < 4.78 is 0. The maximum Gasteiger partial charge on any atom is 0.0246 e. The first kappa shape index (κ1) is 15.1. The minimum atomic E-state index is 0.599. The van der Waals surface area contributed by atoms with E-state index in [-0.39, 0.29) is 0 Å². The molecule has 0 bridgehead atoms. The van der Waals surface area contributed by atoms with E-state index in [0.29, 0.717) is 6.04 Å². The fourth-order valence-electron chi connectivity index (χ4n) is 4.49. The van der Waals surface area contributed by atoms with Crippen molar-refractivity contribution in [2.45, 2.75) is 51.5 Å². The molecule has 1 saturated carbocycles. The Labute approximate surface area is 129 Å². The maximum atomic E-state index is 6.19. The van der Waals surface area contributed by atoms with Crippen LogP contribution in [0.2, 0.25) is 0 Å². The van der Waals surface area contributed by atoms with Crippen molar-refractivity contribution in [2.75, 3.05) is 19.6 Å². The molecule has 3 atom stereocenters. The molecule has 0 saturated heterocycles. The Balaban J connectivity index is 1.68. The molecule has 2 nitrogen and oxygen atoms in total. The van der Waals surface area contributed by atoms with E-state index in [1.165, 1.54) is 51.6 Å². The summed E-state index contributed by atoms with van der Waals surface area (Å²) in [6, 6.07) is 9.56. The van der Waals surface area contributed by atoms with Crippen LogP contribution in [0.4, 0.5) is 0 Å². The molecule has 1 aliphatic heterocycles. The molecule has 2 N–H and O–H groups in total. The van der Waals surface area contributed by atoms with Gasteiger partial charge in [0.1, 0.15) is 0 Å². The Morgan fingerprint density at radius 2 is 1.81 bits per heavy atom. The summed E-state index contributed by atoms with van der Waals surface area (Å²) in [6.45, 7) is 5.61. The van der Waals surface area contributed by atoms with Crippen molar-refractivity contribution in [3.8, 4) is 0 Å². The van der Waals surface area contributed by atoms with E-state index in [0.717, 1.165) is 18.4 Å². The number of nitrogens with zero attached hydrogens (tertiary/aromatic N) is 1. The summed E-state index contributed by atoms with van der Waals surface area (Å²) in [5, 5.41) is 0. The fraction of sp³-hybridized carbons (Fsp3) is 0.684. The summed E-state index contributed by atoms with van der Waals surface area (Å²) in [4.78, 5) is 2.70. The zero-order chi connectivity index (χ0) is 14.7. The summed E-state index contributed by atoms with van der Waals surface area (Å²) >= 11 is 0. The van der Waals surface area contributed by atoms with Gasteiger partial charge in [0, 0.05) is 25.7 Å². The van der Waals surface area contributed by atoms with E-state index in [9.17, 15) is 0 Å². The van der Waals surface area contributed by atoms with Gasteiger partial charge in [-0.05, 0) is 48.6 Å². The minimum absolute atomic E-state index is 0.599. The predicted molar refractivity (Wildman–Crippen MR) is 89.4 cm³/mol. The van der Waals surface area contributed by atoms with Gasteiger partial charge in [-0.25, -0.2) is 0 Å². The van der Waals surface area contributed by atoms with Crippen molar-refractivity contribution in [3.63, 3.8) is 0 Å². The van der Waals surface area contributed by atoms with Crippen LogP contribution < -0.4 is 5.73 Å². The molecule has 116 valence electrons. The number of hydrogen-bond acceptors (Lipinski definition) is 2. The van der Waals surface area contributed by atoms with Gasteiger partial charge in [0.05, 0.1) is 0 Å². The average Bonchev–Trinajstić information content (AvgIpc) is 2.71. The Morgan fingerprint density at radius 1 is 1.14 bits per heavy atom. The zero-order valence-corrected chi connectivity index (χ0v) is 13.4. The van der Waals surface area contributed by atoms with Crippen molar-refractivity contribution < 1.29 is 0 Å². The Hall–Kier alpha value is -0.860. The van der Waals surface area contributed by atoms with Gasteiger partial charge < -0.3 is 5.73 Å². The summed E-state index contributed by atoms with van der Waals surface area (Å²) in [6.07, 6.45) is 7.96. The lowest BCUT2D eigenvalue weighted by Crippen LogP contribution is -2.47. The van der Waals surface area contributed by atoms with Crippen molar-refractivity contribution in [1.82, 2.24) is 4.90 Å². The van der Waals surface area contributed by atoms with Gasteiger partial charge in [0.25, 0.3) is 0 Å². The van der Waals surface area contributed by atoms with Crippen LogP contribution in [-0.2, 0) is 12.8 Å². The van der Waals surface area contributed by atoms with E-state index in [2.05, 4.69) is 36.1 Å². The van der Waals surface area contributed by atoms with Crippen molar-refractivity contribution in [3.05, 3.63) is 35.4 Å². The molecule has 2 heteroatoms. The Morgan fingerprint density at radius 3 is 2.38 bits per heavy atom. The van der Waals surface area contributed by atoms with Crippen molar-refractivity contribution in [1.29, 1.82) is 0 Å². The van der Waals surface area contributed by atoms with E-state index >= 15 is 0 Å². The van der Waals surface area contributed by atoms with Crippen LogP contribution in [0.1, 0.15) is 43.7 Å². The van der Waals surface area contributed by atoms with Gasteiger partial charge in [-0.1, -0.05) is 44.0 Å². The third-order valence-corrected chi connectivity index (χ3v) is 5.69. The van der Waals surface area contributed by atoms with Gasteiger partial charge in [-0.2, -0.15) is 0 Å². The summed E-state index contributed by atoms with van der Waals surface area (Å²) in [5.41, 5.74) is 9.29. The van der Waals surface area contributed by atoms with Crippen LogP contribution in [0.5, 0.6) is 0 Å². The average molecular weight is 286 g/mol. The molecule has 3 unspecified atom stereocenters. The number of hydrogen-bond donors (Lipinski definition) is 1. The number of benzene rings is 1. The first-order valence-corrected chi connectivity index (χ1v) is 8.79. The lowest BCUT2D eigenvalue weighted by atomic mass is 9.78. The minimum Gasteiger partial charge on any atom is -0.329 e. The fourth-order valence-corrected chi connectivity index (χ4v) is 4.49. The second kappa shape index (κ2) is 6.93. The van der Waals surface area contributed by atoms with Gasteiger partial charge in [-0.3, -0.25) is 4.90 Å². The third kappa shape index (κ3) is 3.49. The van der Waals surface area contributed by atoms with Crippen LogP contribution >= 0.6 is 0 Å². The molecular weight excluding hydrogens is 256 g/mol. The highest BCUT2D eigenvalue weighted by atomic mass is 15.2. The molecule has 0 spiro atoms. The second-order valence-electron chi connectivity index (χ2n) is 7.14. The molecule has 1 aromatic rings. The third-order valence-electron chi connectivity index (χ3n) is 5.69. The van der Waals surface area contributed by atoms with E-state index < -0.39 is 0 Å². The number of rotatable bonds is 3. The highest BCUT2D eigenvalue weighted by Crippen LogP contribution is 2.33. The van der Waals surface area contributed by atoms with Crippen LogP contribution in [0.3, 0.4) is 0 Å². The molecule has 1 aromatic carbocycles. The lowest BCUT2D eigenvalue weighted by molar-refractivity contribution is 0.111. The summed E-state index contributed by atoms with van der Waals surface area (Å²) in [5.74, 6) is 1.71. The van der Waals surface area contributed by atoms with E-state index in [1.54, 1.807) is 11.1 Å². The first-order valence-electron chi connectivity index (χ1n) is 8.79. The topological polar surface area (TPSA) is 29.3 Å². The molecule has 0 radical (unpaired) electrons. The molecule has 1 heterocycles. The van der Waals surface area contributed by atoms with Gasteiger partial charge in [-0.15, -0.1) is 0 Å². The number of fused-ring (bicyclic) bond motifs is 1. The standard InChI is InChI=1S/C19H30N2/c1-15-5-4-8-18(13-15)19(14-20)21-11-9-16-6-2-3-7-17(16)10-12-21/h2-3,6-7,15,18-19H,4-5,8-14,20H2,1H3. The molecule has 1 fully saturated rings. The molecule has 0 aromatic heterocycles. The first-order chi connectivity index (χ1) is 10.3. The molecule has 1 aliphatic carbocycles. The van der Waals surface area contributed by atoms with Crippen LogP contribution in [0.25, 0.3) is 0 Å². The quantitative estimate of drug-likeness (QED) is 0.924. The highest BCUT2D eigenvalue weighted by molar-refractivity contribution is 5.28. The Kier molecular flexibility index (Phi) is 4.97. The molecule has 21 heavy (non-hydrogen) atoms. The SMILES string of the molecule is CC1CCCC(C(CN)N2CCc3ccccc3CC2)C1. The van der Waals surface area contributed by atoms with Crippen LogP contribution in [0.15, 0.2) is 24.3 Å². The van der Waals surface area contributed by atoms with Crippen LogP contribution in [0, 0.1) is 11.8 Å². The van der Waals surface area contributed by atoms with Crippen molar-refractivity contribution in [2.24, 2.45) is 17.6 Å². The number of nitrogens with two attached hydrogens (primary N) is 1. The highest BCUT2D eigenvalue weighted by Gasteiger charge is 2.30. The second-order valence-corrected chi connectivity index (χ2v) is 7.14. The van der Waals surface area contributed by atoms with Crippen LogP contribution in [-0.4, -0.2) is 30.6 Å². The van der Waals surface area contributed by atoms with E-state index in [1.807, 2.05) is 0 Å². The van der Waals surface area contributed by atoms with Crippen molar-refractivity contribution >= 4 is 0 Å². The monoisotopic (exact) mass is 286 g/mol. The summed E-state index contributed by atoms with van der Waals surface area (Å²) in [7, 11) is 0. The molecule has 3 rings (SSSR count). The molecule has 0 amide bonds. The smallest absolute Gasteiger partial charge is 0.0246 e. The lowest BCUT2D eigenvalue weighted by Gasteiger charge is -2.39. The maximum absolute atomic E-state index is 6.19. The normalized spacial score (nSPS) is 28.7. The molecule has 2 aliphatic rings. The van der Waals surface area contributed by atoms with Gasteiger partial charge in [0.2, 0.25) is 0 Å². The predicted octanol–water partition coefficient (Wildman–Crippen LogP) is 3.24.